The summed E-state index contributed by atoms with van der Waals surface area (Å²) in [6.45, 7) is 6.74. The zero-order chi connectivity index (χ0) is 16.8. The van der Waals surface area contributed by atoms with Gasteiger partial charge in [-0.3, -0.25) is 4.99 Å². The molecule has 1 aromatic carbocycles. The van der Waals surface area contributed by atoms with Crippen LogP contribution in [-0.2, 0) is 6.42 Å². The van der Waals surface area contributed by atoms with E-state index in [1.807, 2.05) is 38.1 Å². The zero-order valence-electron chi connectivity index (χ0n) is 14.4. The monoisotopic (exact) mass is 462 g/mol. The van der Waals surface area contributed by atoms with Crippen molar-refractivity contribution in [2.24, 2.45) is 4.99 Å². The molecule has 0 spiro atoms. The maximum absolute atomic E-state index is 5.92. The van der Waals surface area contributed by atoms with Crippen molar-refractivity contribution < 1.29 is 4.52 Å². The van der Waals surface area contributed by atoms with Crippen LogP contribution < -0.4 is 10.6 Å². The first-order valence-electron chi connectivity index (χ1n) is 7.65. The lowest BCUT2D eigenvalue weighted by Crippen LogP contribution is -2.39. The molecule has 0 aliphatic carbocycles. The van der Waals surface area contributed by atoms with Crippen LogP contribution >= 0.6 is 35.6 Å². The normalized spacial score (nSPS) is 12.5. The van der Waals surface area contributed by atoms with Crippen molar-refractivity contribution in [2.45, 2.75) is 33.2 Å². The minimum Gasteiger partial charge on any atom is -0.361 e. The lowest BCUT2D eigenvalue weighted by molar-refractivity contribution is 0.392. The van der Waals surface area contributed by atoms with E-state index in [9.17, 15) is 0 Å². The van der Waals surface area contributed by atoms with Crippen molar-refractivity contribution in [3.8, 4) is 0 Å². The molecular formula is C17H24ClIN4O. The molecule has 0 saturated carbocycles. The molecule has 132 valence electrons. The van der Waals surface area contributed by atoms with E-state index in [1.54, 1.807) is 7.05 Å². The predicted molar refractivity (Wildman–Crippen MR) is 109 cm³/mol. The number of hydrogen-bond acceptors (Lipinski definition) is 3. The van der Waals surface area contributed by atoms with Crippen LogP contribution in [0.15, 0.2) is 33.8 Å². The molecule has 0 aliphatic heterocycles. The summed E-state index contributed by atoms with van der Waals surface area (Å²) in [4.78, 5) is 4.26. The van der Waals surface area contributed by atoms with E-state index in [1.165, 1.54) is 0 Å². The first-order chi connectivity index (χ1) is 11.0. The van der Waals surface area contributed by atoms with E-state index in [-0.39, 0.29) is 30.0 Å². The average molecular weight is 463 g/mol. The van der Waals surface area contributed by atoms with Gasteiger partial charge < -0.3 is 15.2 Å². The van der Waals surface area contributed by atoms with Gasteiger partial charge in [0, 0.05) is 24.2 Å². The number of rotatable bonds is 5. The molecule has 0 aliphatic rings. The van der Waals surface area contributed by atoms with E-state index in [0.717, 1.165) is 46.5 Å². The smallest absolute Gasteiger partial charge is 0.191 e. The maximum Gasteiger partial charge on any atom is 0.191 e. The van der Waals surface area contributed by atoms with Crippen molar-refractivity contribution >= 4 is 41.5 Å². The minimum absolute atomic E-state index is 0. The van der Waals surface area contributed by atoms with Gasteiger partial charge in [-0.15, -0.1) is 24.0 Å². The molecule has 0 fully saturated rings. The molecule has 7 heteroatoms. The number of nitrogens with one attached hydrogen (secondary N) is 2. The lowest BCUT2D eigenvalue weighted by Gasteiger charge is -2.18. The van der Waals surface area contributed by atoms with Gasteiger partial charge in [0.1, 0.15) is 5.76 Å². The number of aromatic nitrogens is 1. The quantitative estimate of drug-likeness (QED) is 0.400. The molecule has 24 heavy (non-hydrogen) atoms. The standard InChI is InChI=1S/C17H23ClN4O.HI/c1-11(14-5-7-15(18)8-6-14)21-17(19-4)20-10-9-16-12(2)22-23-13(16)3;/h5-8,11H,9-10H2,1-4H3,(H2,19,20,21);1H. The third-order valence-corrected chi connectivity index (χ3v) is 4.05. The predicted octanol–water partition coefficient (Wildman–Crippen LogP) is 4.03. The fourth-order valence-electron chi connectivity index (χ4n) is 2.40. The fourth-order valence-corrected chi connectivity index (χ4v) is 2.53. The Hall–Kier alpha value is -1.28. The second-order valence-corrected chi connectivity index (χ2v) is 5.91. The average Bonchev–Trinajstić information content (AvgIpc) is 2.86. The Morgan fingerprint density at radius 2 is 1.96 bits per heavy atom. The second kappa shape index (κ2) is 9.88. The Labute approximate surface area is 165 Å². The van der Waals surface area contributed by atoms with Gasteiger partial charge in [0.05, 0.1) is 11.7 Å². The lowest BCUT2D eigenvalue weighted by atomic mass is 10.1. The van der Waals surface area contributed by atoms with E-state index in [0.29, 0.717) is 0 Å². The van der Waals surface area contributed by atoms with Crippen molar-refractivity contribution in [1.29, 1.82) is 0 Å². The molecule has 0 bridgehead atoms. The largest absolute Gasteiger partial charge is 0.361 e. The molecule has 0 amide bonds. The summed E-state index contributed by atoms with van der Waals surface area (Å²) in [6.07, 6.45) is 0.844. The number of aryl methyl sites for hydroxylation is 2. The van der Waals surface area contributed by atoms with E-state index in [2.05, 4.69) is 27.7 Å². The Bertz CT molecular complexity index is 650. The zero-order valence-corrected chi connectivity index (χ0v) is 17.5. The van der Waals surface area contributed by atoms with E-state index in [4.69, 9.17) is 16.1 Å². The maximum atomic E-state index is 5.92. The van der Waals surface area contributed by atoms with Crippen LogP contribution in [-0.4, -0.2) is 24.7 Å². The number of benzene rings is 1. The molecule has 5 nitrogen and oxygen atoms in total. The Kier molecular flexibility index (Phi) is 8.55. The van der Waals surface area contributed by atoms with Crippen LogP contribution in [0.5, 0.6) is 0 Å². The van der Waals surface area contributed by atoms with Gasteiger partial charge in [-0.25, -0.2) is 0 Å². The highest BCUT2D eigenvalue weighted by Gasteiger charge is 2.10. The summed E-state index contributed by atoms with van der Waals surface area (Å²) in [5.41, 5.74) is 3.25. The highest BCUT2D eigenvalue weighted by molar-refractivity contribution is 14.0. The summed E-state index contributed by atoms with van der Waals surface area (Å²) >= 11 is 5.92. The van der Waals surface area contributed by atoms with Gasteiger partial charge >= 0.3 is 0 Å². The molecular weight excluding hydrogens is 439 g/mol. The van der Waals surface area contributed by atoms with Gasteiger partial charge in [-0.05, 0) is 44.9 Å². The third-order valence-electron chi connectivity index (χ3n) is 3.80. The van der Waals surface area contributed by atoms with Gasteiger partial charge in [0.2, 0.25) is 0 Å². The number of nitrogens with zero attached hydrogens (tertiary/aromatic N) is 2. The van der Waals surface area contributed by atoms with Crippen LogP contribution in [0, 0.1) is 13.8 Å². The van der Waals surface area contributed by atoms with Gasteiger partial charge in [0.25, 0.3) is 0 Å². The van der Waals surface area contributed by atoms with Gasteiger partial charge in [-0.1, -0.05) is 28.9 Å². The first kappa shape index (κ1) is 20.8. The molecule has 1 unspecified atom stereocenters. The van der Waals surface area contributed by atoms with Crippen molar-refractivity contribution in [1.82, 2.24) is 15.8 Å². The van der Waals surface area contributed by atoms with Crippen LogP contribution in [0.1, 0.15) is 35.5 Å². The Morgan fingerprint density at radius 1 is 1.29 bits per heavy atom. The van der Waals surface area contributed by atoms with Crippen molar-refractivity contribution in [2.75, 3.05) is 13.6 Å². The molecule has 2 aromatic rings. The summed E-state index contributed by atoms with van der Waals surface area (Å²) in [5.74, 6) is 1.64. The molecule has 0 radical (unpaired) electrons. The number of aliphatic imine (C=N–C) groups is 1. The van der Waals surface area contributed by atoms with Crippen LogP contribution in [0.2, 0.25) is 5.02 Å². The van der Waals surface area contributed by atoms with Gasteiger partial charge in [0.15, 0.2) is 5.96 Å². The van der Waals surface area contributed by atoms with Crippen LogP contribution in [0.4, 0.5) is 0 Å². The summed E-state index contributed by atoms with van der Waals surface area (Å²) in [7, 11) is 1.76. The summed E-state index contributed by atoms with van der Waals surface area (Å²) < 4.78 is 5.18. The van der Waals surface area contributed by atoms with Gasteiger partial charge in [-0.2, -0.15) is 0 Å². The van der Waals surface area contributed by atoms with Crippen LogP contribution in [0.25, 0.3) is 0 Å². The third kappa shape index (κ3) is 5.66. The SMILES string of the molecule is CN=C(NCCc1c(C)noc1C)NC(C)c1ccc(Cl)cc1.I. The highest BCUT2D eigenvalue weighted by Crippen LogP contribution is 2.16. The first-order valence-corrected chi connectivity index (χ1v) is 8.03. The van der Waals surface area contributed by atoms with Crippen molar-refractivity contribution in [3.63, 3.8) is 0 Å². The minimum atomic E-state index is 0. The second-order valence-electron chi connectivity index (χ2n) is 5.47. The van der Waals surface area contributed by atoms with Crippen molar-refractivity contribution in [3.05, 3.63) is 51.9 Å². The molecule has 1 heterocycles. The van der Waals surface area contributed by atoms with Crippen LogP contribution in [0.3, 0.4) is 0 Å². The molecule has 1 atom stereocenters. The molecule has 0 saturated heterocycles. The molecule has 2 N–H and O–H groups in total. The highest BCUT2D eigenvalue weighted by atomic mass is 127. The van der Waals surface area contributed by atoms with E-state index < -0.39 is 0 Å². The fraction of sp³-hybridized carbons (Fsp3) is 0.412. The number of guanidine groups is 1. The number of halogens is 2. The number of hydrogen-bond donors (Lipinski definition) is 2. The Balaban J connectivity index is 0.00000288. The molecule has 1 aromatic heterocycles. The topological polar surface area (TPSA) is 62.5 Å². The Morgan fingerprint density at radius 3 is 2.50 bits per heavy atom. The molecule has 2 rings (SSSR count). The van der Waals surface area contributed by atoms with E-state index >= 15 is 0 Å². The summed E-state index contributed by atoms with van der Waals surface area (Å²) in [5, 5.41) is 11.4. The summed E-state index contributed by atoms with van der Waals surface area (Å²) in [6, 6.07) is 7.94.